The average molecular weight is 246 g/mol. The van der Waals surface area contributed by atoms with Crippen LogP contribution in [0.3, 0.4) is 0 Å². The van der Waals surface area contributed by atoms with Crippen molar-refractivity contribution >= 4 is 0 Å². The van der Waals surface area contributed by atoms with Crippen molar-refractivity contribution in [2.45, 2.75) is 12.5 Å². The third-order valence-corrected chi connectivity index (χ3v) is 4.02. The van der Waals surface area contributed by atoms with Crippen LogP contribution in [-0.4, -0.2) is 66.6 Å². The van der Waals surface area contributed by atoms with Crippen molar-refractivity contribution in [2.75, 3.05) is 45.8 Å². The van der Waals surface area contributed by atoms with E-state index >= 15 is 0 Å². The molecule has 0 unspecified atom stereocenters. The van der Waals surface area contributed by atoms with Crippen molar-refractivity contribution < 1.29 is 0 Å². The molecular weight excluding hydrogens is 224 g/mol. The molecular formula is C14H22N4. The van der Waals surface area contributed by atoms with Crippen molar-refractivity contribution in [3.63, 3.8) is 0 Å². The number of hydrogen-bond donors (Lipinski definition) is 1. The molecule has 0 aromatic carbocycles. The summed E-state index contributed by atoms with van der Waals surface area (Å²) in [5.41, 5.74) is 1.21. The molecule has 3 rings (SSSR count). The minimum atomic E-state index is 0.802. The second-order valence-electron chi connectivity index (χ2n) is 5.27. The van der Waals surface area contributed by atoms with Crippen molar-refractivity contribution in [3.05, 3.63) is 30.1 Å². The number of hydrogen-bond acceptors (Lipinski definition) is 4. The Balaban J connectivity index is 1.37. The van der Waals surface area contributed by atoms with Crippen LogP contribution >= 0.6 is 0 Å². The second-order valence-corrected chi connectivity index (χ2v) is 5.27. The zero-order chi connectivity index (χ0) is 12.2. The molecule has 0 aliphatic carbocycles. The molecule has 1 aromatic rings. The lowest BCUT2D eigenvalue weighted by Gasteiger charge is -2.46. The number of aromatic nitrogens is 1. The first-order valence-electron chi connectivity index (χ1n) is 6.99. The van der Waals surface area contributed by atoms with Gasteiger partial charge >= 0.3 is 0 Å². The van der Waals surface area contributed by atoms with Gasteiger partial charge in [-0.15, -0.1) is 0 Å². The lowest BCUT2D eigenvalue weighted by atomic mass is 10.1. The Bertz CT molecular complexity index is 355. The van der Waals surface area contributed by atoms with E-state index in [-0.39, 0.29) is 0 Å². The molecule has 0 saturated carbocycles. The Kier molecular flexibility index (Phi) is 3.88. The predicted molar refractivity (Wildman–Crippen MR) is 72.6 cm³/mol. The number of rotatable bonds is 4. The van der Waals surface area contributed by atoms with Gasteiger partial charge in [-0.05, 0) is 12.1 Å². The standard InChI is InChI=1S/C14H22N4/c1-2-5-16-13(3-1)4-8-17-11-14(12-17)18-9-6-15-7-10-18/h1-3,5,14-15H,4,6-12H2. The molecule has 0 radical (unpaired) electrons. The van der Waals surface area contributed by atoms with Gasteiger partial charge in [-0.1, -0.05) is 6.07 Å². The molecule has 4 nitrogen and oxygen atoms in total. The Morgan fingerprint density at radius 1 is 1.22 bits per heavy atom. The van der Waals surface area contributed by atoms with Gasteiger partial charge in [-0.3, -0.25) is 14.8 Å². The van der Waals surface area contributed by atoms with Crippen LogP contribution in [0.4, 0.5) is 0 Å². The number of likely N-dealkylation sites (tertiary alicyclic amines) is 1. The van der Waals surface area contributed by atoms with Gasteiger partial charge in [0.05, 0.1) is 0 Å². The van der Waals surface area contributed by atoms with E-state index in [1.807, 2.05) is 12.3 Å². The SMILES string of the molecule is c1ccc(CCN2CC(N3CCNCC3)C2)nc1. The molecule has 0 atom stereocenters. The first-order valence-corrected chi connectivity index (χ1v) is 6.99. The molecule has 3 heterocycles. The van der Waals surface area contributed by atoms with Crippen LogP contribution in [0.5, 0.6) is 0 Å². The Morgan fingerprint density at radius 3 is 2.78 bits per heavy atom. The van der Waals surface area contributed by atoms with E-state index in [1.54, 1.807) is 0 Å². The van der Waals surface area contributed by atoms with E-state index in [0.29, 0.717) is 0 Å². The lowest BCUT2D eigenvalue weighted by Crippen LogP contribution is -2.62. The molecule has 98 valence electrons. The average Bonchev–Trinajstić information content (AvgIpc) is 2.39. The maximum atomic E-state index is 4.37. The third-order valence-electron chi connectivity index (χ3n) is 4.02. The minimum Gasteiger partial charge on any atom is -0.314 e. The monoisotopic (exact) mass is 246 g/mol. The first-order chi connectivity index (χ1) is 8.92. The van der Waals surface area contributed by atoms with Gasteiger partial charge in [-0.2, -0.15) is 0 Å². The Hall–Kier alpha value is -0.970. The van der Waals surface area contributed by atoms with E-state index in [2.05, 4.69) is 32.2 Å². The molecule has 1 N–H and O–H groups in total. The molecule has 2 saturated heterocycles. The summed E-state index contributed by atoms with van der Waals surface area (Å²) in [5.74, 6) is 0. The summed E-state index contributed by atoms with van der Waals surface area (Å²) in [6.07, 6.45) is 2.96. The van der Waals surface area contributed by atoms with Crippen LogP contribution in [0.2, 0.25) is 0 Å². The summed E-state index contributed by atoms with van der Waals surface area (Å²) in [6.45, 7) is 8.39. The maximum absolute atomic E-state index is 4.37. The highest BCUT2D eigenvalue weighted by Crippen LogP contribution is 2.15. The summed E-state index contributed by atoms with van der Waals surface area (Å²) < 4.78 is 0. The smallest absolute Gasteiger partial charge is 0.0416 e. The van der Waals surface area contributed by atoms with Gasteiger partial charge in [0.25, 0.3) is 0 Å². The van der Waals surface area contributed by atoms with E-state index in [4.69, 9.17) is 0 Å². The van der Waals surface area contributed by atoms with E-state index in [0.717, 1.165) is 32.1 Å². The second kappa shape index (κ2) is 5.78. The van der Waals surface area contributed by atoms with E-state index in [9.17, 15) is 0 Å². The van der Waals surface area contributed by atoms with Crippen LogP contribution in [-0.2, 0) is 6.42 Å². The zero-order valence-electron chi connectivity index (χ0n) is 10.9. The summed E-state index contributed by atoms with van der Waals surface area (Å²) in [4.78, 5) is 9.55. The van der Waals surface area contributed by atoms with Crippen molar-refractivity contribution in [3.8, 4) is 0 Å². The zero-order valence-corrected chi connectivity index (χ0v) is 10.9. The number of pyridine rings is 1. The minimum absolute atomic E-state index is 0.802. The molecule has 2 aliphatic heterocycles. The fraction of sp³-hybridized carbons (Fsp3) is 0.643. The Labute approximate surface area is 109 Å². The van der Waals surface area contributed by atoms with E-state index in [1.165, 1.54) is 31.9 Å². The highest BCUT2D eigenvalue weighted by atomic mass is 15.3. The normalized spacial score (nSPS) is 22.9. The number of nitrogens with zero attached hydrogens (tertiary/aromatic N) is 3. The highest BCUT2D eigenvalue weighted by molar-refractivity contribution is 5.04. The topological polar surface area (TPSA) is 31.4 Å². The number of piperazine rings is 1. The summed E-state index contributed by atoms with van der Waals surface area (Å²) >= 11 is 0. The first kappa shape index (κ1) is 12.1. The largest absolute Gasteiger partial charge is 0.314 e. The van der Waals surface area contributed by atoms with Gasteiger partial charge < -0.3 is 5.32 Å². The summed E-state index contributed by atoms with van der Waals surface area (Å²) in [6, 6.07) is 6.97. The summed E-state index contributed by atoms with van der Waals surface area (Å²) in [7, 11) is 0. The maximum Gasteiger partial charge on any atom is 0.0416 e. The quantitative estimate of drug-likeness (QED) is 0.823. The third kappa shape index (κ3) is 2.88. The van der Waals surface area contributed by atoms with Crippen LogP contribution in [0, 0.1) is 0 Å². The lowest BCUT2D eigenvalue weighted by molar-refractivity contribution is 0.0280. The fourth-order valence-corrected chi connectivity index (χ4v) is 2.82. The van der Waals surface area contributed by atoms with Crippen LogP contribution in [0.15, 0.2) is 24.4 Å². The van der Waals surface area contributed by atoms with Crippen molar-refractivity contribution in [1.82, 2.24) is 20.1 Å². The van der Waals surface area contributed by atoms with Crippen LogP contribution in [0.1, 0.15) is 5.69 Å². The fourth-order valence-electron chi connectivity index (χ4n) is 2.82. The van der Waals surface area contributed by atoms with Gasteiger partial charge in [0, 0.05) is 70.2 Å². The molecule has 4 heteroatoms. The summed E-state index contributed by atoms with van der Waals surface area (Å²) in [5, 5.41) is 3.41. The molecule has 0 bridgehead atoms. The number of nitrogens with one attached hydrogen (secondary N) is 1. The van der Waals surface area contributed by atoms with Crippen molar-refractivity contribution in [2.24, 2.45) is 0 Å². The molecule has 1 aromatic heterocycles. The molecule has 18 heavy (non-hydrogen) atoms. The molecule has 2 fully saturated rings. The Morgan fingerprint density at radius 2 is 2.06 bits per heavy atom. The molecule has 2 aliphatic rings. The van der Waals surface area contributed by atoms with Gasteiger partial charge in [0.15, 0.2) is 0 Å². The van der Waals surface area contributed by atoms with Gasteiger partial charge in [-0.25, -0.2) is 0 Å². The molecule has 0 amide bonds. The molecule has 0 spiro atoms. The van der Waals surface area contributed by atoms with Crippen LogP contribution in [0.25, 0.3) is 0 Å². The predicted octanol–water partition coefficient (Wildman–Crippen LogP) is 0.214. The van der Waals surface area contributed by atoms with E-state index < -0.39 is 0 Å². The van der Waals surface area contributed by atoms with Gasteiger partial charge in [0.2, 0.25) is 0 Å². The van der Waals surface area contributed by atoms with Crippen molar-refractivity contribution in [1.29, 1.82) is 0 Å². The van der Waals surface area contributed by atoms with Crippen LogP contribution < -0.4 is 5.32 Å². The highest BCUT2D eigenvalue weighted by Gasteiger charge is 2.31. The van der Waals surface area contributed by atoms with Gasteiger partial charge in [0.1, 0.15) is 0 Å².